The maximum absolute atomic E-state index is 4.67. The van der Waals surface area contributed by atoms with Crippen molar-refractivity contribution < 1.29 is 21.5 Å². The van der Waals surface area contributed by atoms with Crippen molar-refractivity contribution in [3.63, 3.8) is 0 Å². The predicted octanol–water partition coefficient (Wildman–Crippen LogP) is 4.14. The molecule has 0 spiro atoms. The van der Waals surface area contributed by atoms with E-state index >= 15 is 0 Å². The molecule has 6 rings (SSSR count). The van der Waals surface area contributed by atoms with Crippen LogP contribution < -0.4 is 26.4 Å². The van der Waals surface area contributed by atoms with E-state index in [1.165, 1.54) is 46.3 Å². The minimum atomic E-state index is 0. The second-order valence-electron chi connectivity index (χ2n) is 11.5. The van der Waals surface area contributed by atoms with Crippen molar-refractivity contribution in [2.24, 2.45) is 0 Å². The summed E-state index contributed by atoms with van der Waals surface area (Å²) in [4.78, 5) is 15.8. The number of anilines is 1. The zero-order valence-corrected chi connectivity index (χ0v) is 28.3. The van der Waals surface area contributed by atoms with Crippen molar-refractivity contribution in [2.75, 3.05) is 19.0 Å². The highest BCUT2D eigenvalue weighted by atomic mass is 79.9. The molecule has 0 saturated carbocycles. The number of fused-ring (bicyclic) bond motifs is 1. The molecule has 230 valence electrons. The SMILES string of the molecule is CN(C)c1cc[n+](Cc2ccc(CCCCc3ccc(Cn4cnc5c(SCc6ccccc6)ncnc54)cc3)cc2)cc1.[Br-]. The number of halogens is 1. The van der Waals surface area contributed by atoms with Crippen LogP contribution in [0.25, 0.3) is 11.2 Å². The Balaban J connectivity index is 0.00000400. The molecule has 6 aromatic rings. The van der Waals surface area contributed by atoms with E-state index < -0.39 is 0 Å². The van der Waals surface area contributed by atoms with Gasteiger partial charge in [-0.1, -0.05) is 90.6 Å². The molecular formula is C37H39BrN6S. The van der Waals surface area contributed by atoms with Crippen LogP contribution in [-0.4, -0.2) is 33.6 Å². The van der Waals surface area contributed by atoms with Crippen molar-refractivity contribution >= 4 is 28.6 Å². The molecule has 0 aliphatic heterocycles. The van der Waals surface area contributed by atoms with Crippen molar-refractivity contribution in [3.8, 4) is 0 Å². The fourth-order valence-corrected chi connectivity index (χ4v) is 6.25. The Morgan fingerprint density at radius 1 is 0.689 bits per heavy atom. The zero-order valence-electron chi connectivity index (χ0n) is 25.9. The molecule has 0 aliphatic rings. The van der Waals surface area contributed by atoms with Gasteiger partial charge < -0.3 is 26.4 Å². The van der Waals surface area contributed by atoms with Gasteiger partial charge in [0.25, 0.3) is 0 Å². The Morgan fingerprint density at radius 3 is 1.96 bits per heavy atom. The first-order valence-electron chi connectivity index (χ1n) is 15.3. The van der Waals surface area contributed by atoms with Gasteiger partial charge in [-0.2, -0.15) is 0 Å². The third-order valence-corrected chi connectivity index (χ3v) is 8.97. The summed E-state index contributed by atoms with van der Waals surface area (Å²) in [6.45, 7) is 1.64. The van der Waals surface area contributed by atoms with Crippen LogP contribution >= 0.6 is 11.8 Å². The van der Waals surface area contributed by atoms with Gasteiger partial charge in [-0.05, 0) is 47.9 Å². The van der Waals surface area contributed by atoms with E-state index in [1.807, 2.05) is 12.4 Å². The summed E-state index contributed by atoms with van der Waals surface area (Å²) in [5.41, 5.74) is 9.62. The van der Waals surface area contributed by atoms with E-state index in [1.54, 1.807) is 18.1 Å². The highest BCUT2D eigenvalue weighted by molar-refractivity contribution is 7.98. The van der Waals surface area contributed by atoms with Crippen LogP contribution in [0.15, 0.2) is 121 Å². The second kappa shape index (κ2) is 15.8. The first kappa shape index (κ1) is 32.4. The van der Waals surface area contributed by atoms with Crippen molar-refractivity contribution in [1.82, 2.24) is 19.5 Å². The van der Waals surface area contributed by atoms with Crippen LogP contribution in [0.4, 0.5) is 5.69 Å². The highest BCUT2D eigenvalue weighted by Crippen LogP contribution is 2.26. The Hall–Kier alpha value is -4.01. The number of hydrogen-bond acceptors (Lipinski definition) is 5. The number of imidazole rings is 1. The van der Waals surface area contributed by atoms with Crippen LogP contribution in [0, 0.1) is 0 Å². The lowest BCUT2D eigenvalue weighted by molar-refractivity contribution is -0.688. The zero-order chi connectivity index (χ0) is 30.1. The first-order valence-corrected chi connectivity index (χ1v) is 16.2. The van der Waals surface area contributed by atoms with Gasteiger partial charge in [0.2, 0.25) is 0 Å². The number of hydrogen-bond donors (Lipinski definition) is 0. The summed E-state index contributed by atoms with van der Waals surface area (Å²) in [5, 5.41) is 0.925. The topological polar surface area (TPSA) is 50.7 Å². The van der Waals surface area contributed by atoms with E-state index in [0.29, 0.717) is 0 Å². The van der Waals surface area contributed by atoms with Gasteiger partial charge in [0.05, 0.1) is 12.9 Å². The van der Waals surface area contributed by atoms with Crippen LogP contribution in [0.3, 0.4) is 0 Å². The fourth-order valence-electron chi connectivity index (χ4n) is 5.35. The van der Waals surface area contributed by atoms with E-state index in [2.05, 4.69) is 140 Å². The van der Waals surface area contributed by atoms with Gasteiger partial charge in [0.15, 0.2) is 24.6 Å². The largest absolute Gasteiger partial charge is 1.00 e. The van der Waals surface area contributed by atoms with Gasteiger partial charge in [0, 0.05) is 43.2 Å². The van der Waals surface area contributed by atoms with Crippen LogP contribution in [-0.2, 0) is 31.7 Å². The minimum absolute atomic E-state index is 0. The summed E-state index contributed by atoms with van der Waals surface area (Å²) < 4.78 is 4.34. The smallest absolute Gasteiger partial charge is 0.173 e. The molecule has 6 nitrogen and oxygen atoms in total. The Kier molecular flexibility index (Phi) is 11.4. The standard InChI is InChI=1S/C37H39N6S.BrH/c1-41(2)34-20-22-42(23-21-34)24-31-16-12-29(13-17-31)8-6-7-9-30-14-18-32(19-15-30)25-43-28-40-35-36(43)38-27-39-37(35)44-26-33-10-4-3-5-11-33;/h3-5,10-23,27-28H,6-9,24-26H2,1-2H3;1H/q+1;/p-1. The van der Waals surface area contributed by atoms with E-state index in [9.17, 15) is 0 Å². The van der Waals surface area contributed by atoms with Gasteiger partial charge in [-0.25, -0.2) is 19.5 Å². The molecule has 3 aromatic heterocycles. The Labute approximate surface area is 281 Å². The molecule has 3 aromatic carbocycles. The van der Waals surface area contributed by atoms with Gasteiger partial charge in [-0.3, -0.25) is 0 Å². The second-order valence-corrected chi connectivity index (χ2v) is 12.4. The number of aryl methyl sites for hydroxylation is 2. The first-order chi connectivity index (χ1) is 21.6. The molecule has 0 N–H and O–H groups in total. The van der Waals surface area contributed by atoms with E-state index in [0.717, 1.165) is 47.9 Å². The average molecular weight is 680 g/mol. The number of unbranched alkanes of at least 4 members (excludes halogenated alkanes) is 1. The maximum Gasteiger partial charge on any atom is 0.173 e. The van der Waals surface area contributed by atoms with Crippen LogP contribution in [0.1, 0.15) is 40.7 Å². The number of benzene rings is 3. The molecule has 0 aliphatic carbocycles. The predicted molar refractivity (Wildman–Crippen MR) is 180 cm³/mol. The molecule has 0 amide bonds. The van der Waals surface area contributed by atoms with Crippen molar-refractivity contribution in [2.45, 2.75) is 49.6 Å². The number of pyridine rings is 1. The number of thioether (sulfide) groups is 1. The molecular weight excluding hydrogens is 640 g/mol. The summed E-state index contributed by atoms with van der Waals surface area (Å²) in [6.07, 6.45) is 12.4. The van der Waals surface area contributed by atoms with Gasteiger partial charge >= 0.3 is 0 Å². The normalized spacial score (nSPS) is 11.0. The molecule has 0 radical (unpaired) electrons. The lowest BCUT2D eigenvalue weighted by Gasteiger charge is -2.10. The Morgan fingerprint density at radius 2 is 1.31 bits per heavy atom. The van der Waals surface area contributed by atoms with Gasteiger partial charge in [-0.15, -0.1) is 0 Å². The fraction of sp³-hybridized carbons (Fsp3) is 0.243. The molecule has 8 heteroatoms. The quantitative estimate of drug-likeness (QED) is 0.0796. The lowest BCUT2D eigenvalue weighted by atomic mass is 10.0. The molecule has 0 unspecified atom stereocenters. The summed E-state index contributed by atoms with van der Waals surface area (Å²) in [7, 11) is 4.14. The van der Waals surface area contributed by atoms with Crippen molar-refractivity contribution in [1.29, 1.82) is 0 Å². The van der Waals surface area contributed by atoms with Crippen LogP contribution in [0.5, 0.6) is 0 Å². The Bertz CT molecular complexity index is 1770. The number of aromatic nitrogens is 5. The third-order valence-electron chi connectivity index (χ3n) is 7.92. The van der Waals surface area contributed by atoms with Gasteiger partial charge in [0.1, 0.15) is 16.9 Å². The molecule has 0 bridgehead atoms. The van der Waals surface area contributed by atoms with Crippen LogP contribution in [0.2, 0.25) is 0 Å². The highest BCUT2D eigenvalue weighted by Gasteiger charge is 2.11. The third kappa shape index (κ3) is 8.80. The monoisotopic (exact) mass is 678 g/mol. The minimum Gasteiger partial charge on any atom is -1.00 e. The van der Waals surface area contributed by atoms with E-state index in [-0.39, 0.29) is 17.0 Å². The van der Waals surface area contributed by atoms with Crippen molar-refractivity contribution in [3.05, 3.63) is 144 Å². The molecule has 3 heterocycles. The summed E-state index contributed by atoms with van der Waals surface area (Å²) in [6, 6.07) is 32.9. The average Bonchev–Trinajstić information content (AvgIpc) is 3.47. The number of nitrogens with zero attached hydrogens (tertiary/aromatic N) is 6. The summed E-state index contributed by atoms with van der Waals surface area (Å²) in [5.74, 6) is 0.861. The maximum atomic E-state index is 4.67. The molecule has 45 heavy (non-hydrogen) atoms. The van der Waals surface area contributed by atoms with E-state index in [4.69, 9.17) is 0 Å². The molecule has 0 saturated heterocycles. The number of rotatable bonds is 13. The molecule has 0 fully saturated rings. The summed E-state index contributed by atoms with van der Waals surface area (Å²) >= 11 is 1.71. The molecule has 0 atom stereocenters. The lowest BCUT2D eigenvalue weighted by Crippen LogP contribution is -3.00.